The zero-order chi connectivity index (χ0) is 17.0. The molecule has 122 valence electrons. The molecule has 2 rings (SSSR count). The van der Waals surface area contributed by atoms with E-state index in [1.54, 1.807) is 18.2 Å². The summed E-state index contributed by atoms with van der Waals surface area (Å²) in [6, 6.07) is 10.7. The van der Waals surface area contributed by atoms with E-state index >= 15 is 0 Å². The molecule has 3 nitrogen and oxygen atoms in total. The molecule has 0 heterocycles. The van der Waals surface area contributed by atoms with Crippen LogP contribution < -0.4 is 5.32 Å². The summed E-state index contributed by atoms with van der Waals surface area (Å²) in [5.74, 6) is -0.512. The van der Waals surface area contributed by atoms with Crippen LogP contribution in [0.1, 0.15) is 27.6 Å². The molecular formula is C16H13ClF3NO2. The lowest BCUT2D eigenvalue weighted by Gasteiger charge is -2.15. The Labute approximate surface area is 135 Å². The van der Waals surface area contributed by atoms with Crippen molar-refractivity contribution in [3.63, 3.8) is 0 Å². The largest absolute Gasteiger partial charge is 0.416 e. The van der Waals surface area contributed by atoms with Crippen molar-refractivity contribution in [1.82, 2.24) is 5.32 Å². The molecule has 0 aliphatic carbocycles. The molecule has 1 atom stereocenters. The third kappa shape index (κ3) is 4.46. The summed E-state index contributed by atoms with van der Waals surface area (Å²) < 4.78 is 37.9. The average molecular weight is 344 g/mol. The lowest BCUT2D eigenvalue weighted by atomic mass is 10.1. The second-order valence-electron chi connectivity index (χ2n) is 4.83. The lowest BCUT2D eigenvalue weighted by Crippen LogP contribution is -2.28. The number of rotatable bonds is 4. The Hall–Kier alpha value is -2.05. The van der Waals surface area contributed by atoms with Gasteiger partial charge < -0.3 is 10.4 Å². The number of nitrogens with one attached hydrogen (secondary N) is 1. The predicted molar refractivity (Wildman–Crippen MR) is 80.2 cm³/mol. The van der Waals surface area contributed by atoms with E-state index in [0.717, 1.165) is 12.1 Å². The summed E-state index contributed by atoms with van der Waals surface area (Å²) in [6.07, 6.45) is -5.75. The minimum absolute atomic E-state index is 0.0688. The van der Waals surface area contributed by atoms with Crippen molar-refractivity contribution in [1.29, 1.82) is 0 Å². The first-order valence-electron chi connectivity index (χ1n) is 6.67. The van der Waals surface area contributed by atoms with Crippen molar-refractivity contribution < 1.29 is 23.1 Å². The van der Waals surface area contributed by atoms with Gasteiger partial charge in [0.05, 0.1) is 22.3 Å². The van der Waals surface area contributed by atoms with Crippen molar-refractivity contribution in [3.05, 3.63) is 70.2 Å². The number of amides is 1. The van der Waals surface area contributed by atoms with Crippen LogP contribution in [-0.2, 0) is 6.18 Å². The quantitative estimate of drug-likeness (QED) is 0.886. The highest BCUT2D eigenvalue weighted by atomic mass is 35.5. The van der Waals surface area contributed by atoms with E-state index in [-0.39, 0.29) is 22.7 Å². The summed E-state index contributed by atoms with van der Waals surface area (Å²) in [5.41, 5.74) is -0.559. The fraction of sp³-hybridized carbons (Fsp3) is 0.188. The van der Waals surface area contributed by atoms with Crippen LogP contribution in [-0.4, -0.2) is 17.6 Å². The molecule has 0 aromatic heterocycles. The van der Waals surface area contributed by atoms with Gasteiger partial charge in [-0.2, -0.15) is 13.2 Å². The highest BCUT2D eigenvalue weighted by Gasteiger charge is 2.30. The van der Waals surface area contributed by atoms with Gasteiger partial charge in [-0.15, -0.1) is 0 Å². The third-order valence-electron chi connectivity index (χ3n) is 3.17. The Bertz CT molecular complexity index is 704. The molecule has 1 amide bonds. The molecule has 2 N–H and O–H groups in total. The molecule has 0 fully saturated rings. The third-order valence-corrected chi connectivity index (χ3v) is 3.50. The van der Waals surface area contributed by atoms with E-state index in [4.69, 9.17) is 11.6 Å². The predicted octanol–water partition coefficient (Wildman–Crippen LogP) is 3.82. The van der Waals surface area contributed by atoms with Crippen LogP contribution in [0.5, 0.6) is 0 Å². The van der Waals surface area contributed by atoms with Crippen LogP contribution in [0.25, 0.3) is 0 Å². The average Bonchev–Trinajstić information content (AvgIpc) is 2.52. The number of hydrogen-bond acceptors (Lipinski definition) is 2. The van der Waals surface area contributed by atoms with Crippen molar-refractivity contribution in [2.75, 3.05) is 6.54 Å². The van der Waals surface area contributed by atoms with Gasteiger partial charge in [0, 0.05) is 6.54 Å². The highest BCUT2D eigenvalue weighted by Crippen LogP contribution is 2.30. The normalized spacial score (nSPS) is 12.7. The number of halogens is 4. The fourth-order valence-electron chi connectivity index (χ4n) is 1.97. The summed E-state index contributed by atoms with van der Waals surface area (Å²) >= 11 is 5.87. The molecule has 23 heavy (non-hydrogen) atoms. The number of alkyl halides is 3. The van der Waals surface area contributed by atoms with Gasteiger partial charge in [0.1, 0.15) is 0 Å². The van der Waals surface area contributed by atoms with Crippen molar-refractivity contribution in [3.8, 4) is 0 Å². The maximum absolute atomic E-state index is 12.6. The summed E-state index contributed by atoms with van der Waals surface area (Å²) in [7, 11) is 0. The van der Waals surface area contributed by atoms with Crippen LogP contribution >= 0.6 is 11.6 Å². The van der Waals surface area contributed by atoms with Crippen LogP contribution in [0.15, 0.2) is 48.5 Å². The van der Waals surface area contributed by atoms with Gasteiger partial charge in [0.15, 0.2) is 0 Å². The van der Waals surface area contributed by atoms with Gasteiger partial charge in [-0.1, -0.05) is 35.9 Å². The van der Waals surface area contributed by atoms with Crippen LogP contribution in [0.2, 0.25) is 5.02 Å². The molecule has 0 radical (unpaired) electrons. The Morgan fingerprint density at radius 3 is 2.52 bits per heavy atom. The number of benzene rings is 2. The molecule has 0 spiro atoms. The number of aliphatic hydroxyl groups excluding tert-OH is 1. The topological polar surface area (TPSA) is 49.3 Å². The van der Waals surface area contributed by atoms with Gasteiger partial charge >= 0.3 is 6.18 Å². The molecule has 0 aliphatic rings. The second-order valence-corrected chi connectivity index (χ2v) is 5.24. The van der Waals surface area contributed by atoms with E-state index in [1.807, 2.05) is 0 Å². The summed E-state index contributed by atoms with van der Waals surface area (Å²) in [6.45, 7) is -0.231. The Morgan fingerprint density at radius 2 is 1.87 bits per heavy atom. The summed E-state index contributed by atoms with van der Waals surface area (Å²) in [5, 5.41) is 12.7. The standard InChI is InChI=1S/C16H13ClF3NO2/c17-13-7-2-1-6-12(13)15(23)21-9-14(22)10-4-3-5-11(8-10)16(18,19)20/h1-8,14,22H,9H2,(H,21,23)/t14-/m0/s1. The summed E-state index contributed by atoms with van der Waals surface area (Å²) in [4.78, 5) is 11.9. The molecule has 0 saturated heterocycles. The fourth-order valence-corrected chi connectivity index (χ4v) is 2.19. The molecular weight excluding hydrogens is 331 g/mol. The molecule has 0 saturated carbocycles. The first kappa shape index (κ1) is 17.3. The lowest BCUT2D eigenvalue weighted by molar-refractivity contribution is -0.137. The maximum atomic E-state index is 12.6. The zero-order valence-corrected chi connectivity index (χ0v) is 12.5. The molecule has 0 bridgehead atoms. The highest BCUT2D eigenvalue weighted by molar-refractivity contribution is 6.33. The number of hydrogen-bond donors (Lipinski definition) is 2. The number of carbonyl (C=O) groups is 1. The minimum atomic E-state index is -4.49. The van der Waals surface area contributed by atoms with Gasteiger partial charge in [-0.3, -0.25) is 4.79 Å². The number of carbonyl (C=O) groups excluding carboxylic acids is 1. The first-order valence-corrected chi connectivity index (χ1v) is 7.05. The van der Waals surface area contributed by atoms with Gasteiger partial charge in [0.2, 0.25) is 0 Å². The minimum Gasteiger partial charge on any atom is -0.387 e. The van der Waals surface area contributed by atoms with Crippen molar-refractivity contribution in [2.45, 2.75) is 12.3 Å². The molecule has 2 aromatic rings. The Kier molecular flexibility index (Phi) is 5.28. The van der Waals surface area contributed by atoms with Crippen LogP contribution in [0, 0.1) is 0 Å². The van der Waals surface area contributed by atoms with Crippen molar-refractivity contribution >= 4 is 17.5 Å². The monoisotopic (exact) mass is 343 g/mol. The Morgan fingerprint density at radius 1 is 1.17 bits per heavy atom. The van der Waals surface area contributed by atoms with E-state index in [9.17, 15) is 23.1 Å². The zero-order valence-electron chi connectivity index (χ0n) is 11.8. The maximum Gasteiger partial charge on any atom is 0.416 e. The molecule has 2 aromatic carbocycles. The second kappa shape index (κ2) is 7.02. The molecule has 0 aliphatic heterocycles. The van der Waals surface area contributed by atoms with Gasteiger partial charge in [-0.25, -0.2) is 0 Å². The molecule has 0 unspecified atom stereocenters. The van der Waals surface area contributed by atoms with Crippen LogP contribution in [0.3, 0.4) is 0 Å². The van der Waals surface area contributed by atoms with Gasteiger partial charge in [-0.05, 0) is 29.8 Å². The van der Waals surface area contributed by atoms with Gasteiger partial charge in [0.25, 0.3) is 5.91 Å². The van der Waals surface area contributed by atoms with E-state index < -0.39 is 23.8 Å². The molecule has 7 heteroatoms. The SMILES string of the molecule is O=C(NC[C@H](O)c1cccc(C(F)(F)F)c1)c1ccccc1Cl. The van der Waals surface area contributed by atoms with Crippen molar-refractivity contribution in [2.24, 2.45) is 0 Å². The van der Waals surface area contributed by atoms with E-state index in [2.05, 4.69) is 5.32 Å². The van der Waals surface area contributed by atoms with Crippen LogP contribution in [0.4, 0.5) is 13.2 Å². The van der Waals surface area contributed by atoms with E-state index in [1.165, 1.54) is 18.2 Å². The first-order chi connectivity index (χ1) is 10.8. The number of aliphatic hydroxyl groups is 1. The van der Waals surface area contributed by atoms with E-state index in [0.29, 0.717) is 0 Å². The smallest absolute Gasteiger partial charge is 0.387 e. The Balaban J connectivity index is 2.04.